The van der Waals surface area contributed by atoms with Crippen molar-refractivity contribution in [1.29, 1.82) is 0 Å². The standard InChI is InChI=1S/C13H22N4O3/c1-4-13(5-2,9-14)15-10(18)8-17-7-6-11(19)16(3)12(17)20/h6-7H,4-5,8-9,14H2,1-3H3,(H,15,18). The predicted molar refractivity (Wildman–Crippen MR) is 76.5 cm³/mol. The van der Waals surface area contributed by atoms with Gasteiger partial charge in [-0.2, -0.15) is 0 Å². The van der Waals surface area contributed by atoms with E-state index in [0.717, 1.165) is 4.57 Å². The molecule has 0 atom stereocenters. The van der Waals surface area contributed by atoms with Crippen molar-refractivity contribution in [1.82, 2.24) is 14.5 Å². The van der Waals surface area contributed by atoms with Gasteiger partial charge in [-0.15, -0.1) is 0 Å². The van der Waals surface area contributed by atoms with Crippen molar-refractivity contribution < 1.29 is 4.79 Å². The lowest BCUT2D eigenvalue weighted by Crippen LogP contribution is -2.54. The van der Waals surface area contributed by atoms with Crippen molar-refractivity contribution in [2.45, 2.75) is 38.8 Å². The minimum atomic E-state index is -0.515. The minimum absolute atomic E-state index is 0.130. The zero-order valence-electron chi connectivity index (χ0n) is 12.2. The van der Waals surface area contributed by atoms with E-state index in [1.807, 2.05) is 13.8 Å². The molecule has 7 nitrogen and oxygen atoms in total. The highest BCUT2D eigenvalue weighted by Gasteiger charge is 2.26. The van der Waals surface area contributed by atoms with Gasteiger partial charge in [-0.25, -0.2) is 4.79 Å². The number of nitrogens with zero attached hydrogens (tertiary/aromatic N) is 2. The summed E-state index contributed by atoms with van der Waals surface area (Å²) in [5, 5.41) is 2.88. The van der Waals surface area contributed by atoms with Gasteiger partial charge in [0.15, 0.2) is 0 Å². The molecule has 0 aliphatic rings. The monoisotopic (exact) mass is 282 g/mol. The van der Waals surface area contributed by atoms with E-state index >= 15 is 0 Å². The zero-order valence-corrected chi connectivity index (χ0v) is 12.2. The van der Waals surface area contributed by atoms with Crippen LogP contribution in [-0.4, -0.2) is 27.1 Å². The molecule has 0 spiro atoms. The Morgan fingerprint density at radius 2 is 1.95 bits per heavy atom. The van der Waals surface area contributed by atoms with Crippen molar-refractivity contribution in [2.24, 2.45) is 12.8 Å². The van der Waals surface area contributed by atoms with E-state index in [0.29, 0.717) is 19.4 Å². The van der Waals surface area contributed by atoms with Crippen LogP contribution < -0.4 is 22.3 Å². The lowest BCUT2D eigenvalue weighted by molar-refractivity contribution is -0.123. The van der Waals surface area contributed by atoms with Crippen LogP contribution in [0.4, 0.5) is 0 Å². The molecule has 0 aliphatic heterocycles. The summed E-state index contributed by atoms with van der Waals surface area (Å²) in [7, 11) is 1.38. The molecule has 0 saturated heterocycles. The van der Waals surface area contributed by atoms with Crippen LogP contribution >= 0.6 is 0 Å². The fraction of sp³-hybridized carbons (Fsp3) is 0.615. The van der Waals surface area contributed by atoms with Crippen LogP contribution in [0.1, 0.15) is 26.7 Å². The Hall–Kier alpha value is -1.89. The molecule has 0 aromatic carbocycles. The van der Waals surface area contributed by atoms with Gasteiger partial charge in [-0.3, -0.25) is 18.7 Å². The van der Waals surface area contributed by atoms with Gasteiger partial charge in [0.2, 0.25) is 5.91 Å². The number of amides is 1. The van der Waals surface area contributed by atoms with Crippen LogP contribution in [-0.2, 0) is 18.4 Å². The van der Waals surface area contributed by atoms with Gasteiger partial charge in [0.05, 0.1) is 5.54 Å². The smallest absolute Gasteiger partial charge is 0.331 e. The van der Waals surface area contributed by atoms with Gasteiger partial charge in [0.1, 0.15) is 6.54 Å². The maximum absolute atomic E-state index is 12.0. The van der Waals surface area contributed by atoms with Crippen molar-refractivity contribution in [3.05, 3.63) is 33.1 Å². The first kappa shape index (κ1) is 16.2. The molecular weight excluding hydrogens is 260 g/mol. The van der Waals surface area contributed by atoms with Crippen molar-refractivity contribution in [3.63, 3.8) is 0 Å². The molecule has 112 valence electrons. The number of nitrogens with two attached hydrogens (primary N) is 1. The summed E-state index contributed by atoms with van der Waals surface area (Å²) in [5.74, 6) is -0.292. The Bertz CT molecular complexity index is 576. The van der Waals surface area contributed by atoms with Gasteiger partial charge in [-0.1, -0.05) is 13.8 Å². The van der Waals surface area contributed by atoms with Gasteiger partial charge in [0.25, 0.3) is 5.56 Å². The zero-order chi connectivity index (χ0) is 15.3. The summed E-state index contributed by atoms with van der Waals surface area (Å²) in [6.45, 7) is 4.12. The van der Waals surface area contributed by atoms with Crippen molar-refractivity contribution in [2.75, 3.05) is 6.54 Å². The molecule has 0 fully saturated rings. The number of carbonyl (C=O) groups excluding carboxylic acids is 1. The van der Waals surface area contributed by atoms with Gasteiger partial charge in [-0.05, 0) is 12.8 Å². The molecule has 0 bridgehead atoms. The van der Waals surface area contributed by atoms with Crippen molar-refractivity contribution >= 4 is 5.91 Å². The van der Waals surface area contributed by atoms with E-state index in [-0.39, 0.29) is 12.5 Å². The Balaban J connectivity index is 2.90. The summed E-state index contributed by atoms with van der Waals surface area (Å²) >= 11 is 0. The molecular formula is C13H22N4O3. The van der Waals surface area contributed by atoms with Crippen LogP contribution in [0.3, 0.4) is 0 Å². The third kappa shape index (κ3) is 3.36. The average Bonchev–Trinajstić information content (AvgIpc) is 2.45. The lowest BCUT2D eigenvalue weighted by Gasteiger charge is -2.31. The number of nitrogens with one attached hydrogen (secondary N) is 1. The molecule has 7 heteroatoms. The molecule has 0 saturated carbocycles. The van der Waals surface area contributed by atoms with E-state index in [9.17, 15) is 14.4 Å². The second-order valence-electron chi connectivity index (χ2n) is 4.86. The summed E-state index contributed by atoms with van der Waals surface area (Å²) in [4.78, 5) is 35.1. The van der Waals surface area contributed by atoms with Crippen LogP contribution in [0.25, 0.3) is 0 Å². The topological polar surface area (TPSA) is 99.1 Å². The molecule has 0 unspecified atom stereocenters. The highest BCUT2D eigenvalue weighted by Crippen LogP contribution is 2.12. The Labute approximate surface area is 117 Å². The van der Waals surface area contributed by atoms with E-state index in [1.165, 1.54) is 23.9 Å². The minimum Gasteiger partial charge on any atom is -0.348 e. The molecule has 1 rings (SSSR count). The number of hydrogen-bond donors (Lipinski definition) is 2. The first-order valence-corrected chi connectivity index (χ1v) is 6.66. The van der Waals surface area contributed by atoms with Gasteiger partial charge in [0, 0.05) is 25.9 Å². The third-order valence-electron chi connectivity index (χ3n) is 3.72. The Morgan fingerprint density at radius 1 is 1.35 bits per heavy atom. The highest BCUT2D eigenvalue weighted by molar-refractivity contribution is 5.76. The summed E-state index contributed by atoms with van der Waals surface area (Å²) in [6, 6.07) is 1.25. The molecule has 0 radical (unpaired) electrons. The van der Waals surface area contributed by atoms with Gasteiger partial charge >= 0.3 is 5.69 Å². The predicted octanol–water partition coefficient (Wildman–Crippen LogP) is -0.819. The quantitative estimate of drug-likeness (QED) is 0.712. The number of rotatable bonds is 6. The SMILES string of the molecule is CCC(CC)(CN)NC(=O)Cn1ccc(=O)n(C)c1=O. The Morgan fingerprint density at radius 3 is 2.45 bits per heavy atom. The normalized spacial score (nSPS) is 11.4. The molecule has 1 aromatic heterocycles. The highest BCUT2D eigenvalue weighted by atomic mass is 16.2. The van der Waals surface area contributed by atoms with Crippen LogP contribution in [0, 0.1) is 0 Å². The summed E-state index contributed by atoms with van der Waals surface area (Å²) < 4.78 is 2.16. The maximum atomic E-state index is 12.0. The molecule has 1 amide bonds. The molecule has 0 aliphatic carbocycles. The summed E-state index contributed by atoms with van der Waals surface area (Å²) in [5.41, 5.74) is 4.36. The first-order chi connectivity index (χ1) is 9.39. The summed E-state index contributed by atoms with van der Waals surface area (Å²) in [6.07, 6.45) is 2.76. The van der Waals surface area contributed by atoms with E-state index in [2.05, 4.69) is 5.32 Å². The number of aromatic nitrogens is 2. The fourth-order valence-corrected chi connectivity index (χ4v) is 1.99. The van der Waals surface area contributed by atoms with E-state index in [1.54, 1.807) is 0 Å². The third-order valence-corrected chi connectivity index (χ3v) is 3.72. The maximum Gasteiger partial charge on any atom is 0.331 e. The molecule has 1 aromatic rings. The van der Waals surface area contributed by atoms with Crippen LogP contribution in [0.2, 0.25) is 0 Å². The second-order valence-corrected chi connectivity index (χ2v) is 4.86. The number of hydrogen-bond acceptors (Lipinski definition) is 4. The van der Waals surface area contributed by atoms with E-state index in [4.69, 9.17) is 5.73 Å². The van der Waals surface area contributed by atoms with Crippen molar-refractivity contribution in [3.8, 4) is 0 Å². The average molecular weight is 282 g/mol. The molecule has 3 N–H and O–H groups in total. The van der Waals surface area contributed by atoms with E-state index < -0.39 is 16.8 Å². The van der Waals surface area contributed by atoms with Gasteiger partial charge < -0.3 is 11.1 Å². The molecule has 20 heavy (non-hydrogen) atoms. The van der Waals surface area contributed by atoms with Crippen LogP contribution in [0.5, 0.6) is 0 Å². The largest absolute Gasteiger partial charge is 0.348 e. The van der Waals surface area contributed by atoms with Crippen LogP contribution in [0.15, 0.2) is 21.9 Å². The fourth-order valence-electron chi connectivity index (χ4n) is 1.99. The second kappa shape index (κ2) is 6.51. The lowest BCUT2D eigenvalue weighted by atomic mass is 9.93. The number of carbonyl (C=O) groups is 1. The Kier molecular flexibility index (Phi) is 5.26. The molecule has 1 heterocycles. The first-order valence-electron chi connectivity index (χ1n) is 6.66.